The van der Waals surface area contributed by atoms with Crippen LogP contribution in [-0.4, -0.2) is 205 Å². The third-order valence-electron chi connectivity index (χ3n) is 15.4. The Balaban J connectivity index is 3.73. The molecule has 1 aliphatic heterocycles. The highest BCUT2D eigenvalue weighted by Gasteiger charge is 2.38. The minimum atomic E-state index is -1.98. The molecule has 1 heterocycles. The van der Waals surface area contributed by atoms with Crippen molar-refractivity contribution in [3.05, 3.63) is 12.2 Å². The fourth-order valence-corrected chi connectivity index (χ4v) is 10.0. The van der Waals surface area contributed by atoms with Crippen LogP contribution in [0.15, 0.2) is 12.2 Å². The number of carboxylic acid groups (broad SMARTS) is 9. The third-order valence-corrected chi connectivity index (χ3v) is 15.4. The summed E-state index contributed by atoms with van der Waals surface area (Å²) in [5, 5.41) is 94.8. The molecule has 0 aromatic carbocycles. The SMILES string of the molecule is CCCCC(=O)[C@@H](CCC(=O)O)NC(=O)[C@@H](CCC(=O)O)CC(=O)[C@@H](CCC(=O)O)NC(=O)[C@@H](CCC(=O)O)CC(=O)[C@@H](CCC(=O)O)NC(=O)[C@@H](CCC(=O)O)CC(=O)[C@@H](CCC(=O)O)NC(=O)[C@@H](CCC(=O)O)CC(=O)[C@@H](CCC(=O)O)CC(=O)CCN1C(=O)C=CC1=O. The second kappa shape index (κ2) is 43.8. The number of hydrogen-bond acceptors (Lipinski definition) is 21. The predicted octanol–water partition coefficient (Wildman–Crippen LogP) is 0.660. The summed E-state index contributed by atoms with van der Waals surface area (Å²) in [6, 6.07) is -7.20. The van der Waals surface area contributed by atoms with Crippen LogP contribution in [0.3, 0.4) is 0 Å². The van der Waals surface area contributed by atoms with Gasteiger partial charge in [0.05, 0.1) is 24.2 Å². The van der Waals surface area contributed by atoms with Crippen LogP contribution in [0.1, 0.15) is 180 Å². The highest BCUT2D eigenvalue weighted by molar-refractivity contribution is 6.13. The van der Waals surface area contributed by atoms with Gasteiger partial charge in [-0.3, -0.25) is 106 Å². The summed E-state index contributed by atoms with van der Waals surface area (Å²) in [7, 11) is 0. The number of nitrogens with zero attached hydrogens (tertiary/aromatic N) is 1. The predicted molar refractivity (Wildman–Crippen MR) is 320 cm³/mol. The van der Waals surface area contributed by atoms with E-state index in [1.807, 2.05) is 0 Å². The zero-order valence-corrected chi connectivity index (χ0v) is 52.7. The van der Waals surface area contributed by atoms with Gasteiger partial charge in [-0.2, -0.15) is 0 Å². The smallest absolute Gasteiger partial charge is 0.303 e. The van der Waals surface area contributed by atoms with Crippen molar-refractivity contribution in [2.45, 2.75) is 204 Å². The Labute approximate surface area is 547 Å². The number of hydrogen-bond donors (Lipinski definition) is 13. The van der Waals surface area contributed by atoms with Gasteiger partial charge in [-0.05, 0) is 64.2 Å². The Morgan fingerprint density at radius 1 is 0.312 bits per heavy atom. The van der Waals surface area contributed by atoms with E-state index < -0.39 is 338 Å². The normalized spacial score (nSPS) is 14.6. The van der Waals surface area contributed by atoms with E-state index in [9.17, 15) is 147 Å². The molecule has 1 aliphatic rings. The topological polar surface area (TPSA) is 592 Å². The number of ketones is 6. The minimum Gasteiger partial charge on any atom is -0.481 e. The zero-order valence-electron chi connectivity index (χ0n) is 52.7. The minimum absolute atomic E-state index is 0.0944. The van der Waals surface area contributed by atoms with Gasteiger partial charge in [0.15, 0.2) is 23.1 Å². The zero-order chi connectivity index (χ0) is 72.9. The average Bonchev–Trinajstić information content (AvgIpc) is 0.934. The maximum Gasteiger partial charge on any atom is 0.303 e. The summed E-state index contributed by atoms with van der Waals surface area (Å²) in [4.78, 5) is 269. The van der Waals surface area contributed by atoms with Crippen molar-refractivity contribution in [1.29, 1.82) is 0 Å². The van der Waals surface area contributed by atoms with Crippen LogP contribution >= 0.6 is 0 Å². The Hall–Kier alpha value is -9.99. The van der Waals surface area contributed by atoms with Gasteiger partial charge in [0.2, 0.25) is 23.6 Å². The molecule has 1 rings (SSSR count). The van der Waals surface area contributed by atoms with Crippen molar-refractivity contribution in [3.8, 4) is 0 Å². The van der Waals surface area contributed by atoms with Gasteiger partial charge in [-0.1, -0.05) is 13.3 Å². The van der Waals surface area contributed by atoms with Crippen molar-refractivity contribution in [3.63, 3.8) is 0 Å². The maximum absolute atomic E-state index is 14.3. The number of amides is 6. The van der Waals surface area contributed by atoms with E-state index in [-0.39, 0.29) is 6.42 Å². The average molecular weight is 1370 g/mol. The van der Waals surface area contributed by atoms with Crippen LogP contribution < -0.4 is 21.3 Å². The lowest BCUT2D eigenvalue weighted by Crippen LogP contribution is -2.49. The van der Waals surface area contributed by atoms with Crippen LogP contribution in [0.4, 0.5) is 0 Å². The van der Waals surface area contributed by atoms with Crippen molar-refractivity contribution in [1.82, 2.24) is 26.2 Å². The van der Waals surface area contributed by atoms with E-state index in [2.05, 4.69) is 21.3 Å². The molecule has 9 atom stereocenters. The molecule has 6 amide bonds. The van der Waals surface area contributed by atoms with Gasteiger partial charge >= 0.3 is 53.7 Å². The van der Waals surface area contributed by atoms with E-state index in [4.69, 9.17) is 0 Å². The van der Waals surface area contributed by atoms with Gasteiger partial charge in [0.1, 0.15) is 11.6 Å². The van der Waals surface area contributed by atoms with Crippen LogP contribution in [-0.2, 0) is 101 Å². The van der Waals surface area contributed by atoms with Crippen molar-refractivity contribution in [2.75, 3.05) is 6.54 Å². The van der Waals surface area contributed by atoms with Gasteiger partial charge < -0.3 is 67.2 Å². The quantitative estimate of drug-likeness (QED) is 0.0372. The molecule has 96 heavy (non-hydrogen) atoms. The largest absolute Gasteiger partial charge is 0.481 e. The van der Waals surface area contributed by atoms with E-state index in [0.717, 1.165) is 17.1 Å². The molecule has 35 heteroatoms. The van der Waals surface area contributed by atoms with E-state index in [1.165, 1.54) is 0 Å². The number of carbonyl (C=O) groups is 21. The monoisotopic (exact) mass is 1370 g/mol. The first-order valence-electron chi connectivity index (χ1n) is 30.8. The van der Waals surface area contributed by atoms with E-state index >= 15 is 0 Å². The molecule has 0 saturated heterocycles. The fourth-order valence-electron chi connectivity index (χ4n) is 10.0. The number of unbranched alkanes of at least 4 members (excludes halogenated alkanes) is 1. The third kappa shape index (κ3) is 34.8. The molecule has 0 unspecified atom stereocenters. The molecule has 0 bridgehead atoms. The molecule has 0 spiro atoms. The summed E-state index contributed by atoms with van der Waals surface area (Å²) in [6.07, 6.45) is -15.8. The Kier molecular flexibility index (Phi) is 38.4. The Morgan fingerprint density at radius 3 is 0.812 bits per heavy atom. The van der Waals surface area contributed by atoms with E-state index in [1.54, 1.807) is 6.92 Å². The maximum atomic E-state index is 14.3. The summed E-state index contributed by atoms with van der Waals surface area (Å²) in [5.74, 6) is -34.2. The molecule has 0 fully saturated rings. The highest BCUT2D eigenvalue weighted by atomic mass is 16.4. The molecular weight excluding hydrogens is 1280 g/mol. The van der Waals surface area contributed by atoms with Crippen LogP contribution in [0.5, 0.6) is 0 Å². The van der Waals surface area contributed by atoms with Crippen molar-refractivity contribution in [2.24, 2.45) is 29.6 Å². The summed E-state index contributed by atoms with van der Waals surface area (Å²) < 4.78 is 0. The molecular formula is C61H83N5O30. The summed E-state index contributed by atoms with van der Waals surface area (Å²) in [5.41, 5.74) is 0. The number of aliphatic carboxylic acids is 9. The molecule has 0 saturated carbocycles. The van der Waals surface area contributed by atoms with Gasteiger partial charge in [-0.25, -0.2) is 0 Å². The number of nitrogens with one attached hydrogen (secondary N) is 4. The number of carbonyl (C=O) groups excluding carboxylic acids is 12. The first-order valence-corrected chi connectivity index (χ1v) is 30.8. The van der Waals surface area contributed by atoms with Crippen molar-refractivity contribution < 1.29 is 147 Å². The number of imide groups is 1. The van der Waals surface area contributed by atoms with Crippen LogP contribution in [0.25, 0.3) is 0 Å². The first-order chi connectivity index (χ1) is 44.9. The molecule has 13 N–H and O–H groups in total. The van der Waals surface area contributed by atoms with Gasteiger partial charge in [0.25, 0.3) is 11.8 Å². The molecule has 0 aliphatic carbocycles. The lowest BCUT2D eigenvalue weighted by atomic mass is 9.85. The van der Waals surface area contributed by atoms with Crippen molar-refractivity contribution >= 4 is 124 Å². The molecule has 0 aromatic heterocycles. The fraction of sp³-hybridized carbons (Fsp3) is 0.623. The van der Waals surface area contributed by atoms with E-state index in [0.29, 0.717) is 12.8 Å². The molecule has 0 radical (unpaired) electrons. The van der Waals surface area contributed by atoms with Crippen LogP contribution in [0.2, 0.25) is 0 Å². The summed E-state index contributed by atoms with van der Waals surface area (Å²) >= 11 is 0. The second-order valence-electron chi connectivity index (χ2n) is 23.0. The number of Topliss-reactive ketones (excluding diaryl/α,β-unsaturated/α-hetero) is 6. The Morgan fingerprint density at radius 2 is 0.552 bits per heavy atom. The Bertz CT molecular complexity index is 2940. The standard InChI is InChI=1S/C61H83N5O30/c1-2-3-4-42(68)38(10-21-54(85)86)62-59(94)34(7-18-51(79)80)29-44(70)40(12-23-56(89)90)64-61(96)36(9-20-53(83)84)31-46(72)41(13-24-57(91)92)65-60(95)35(8-19-52(81)82)30-45(71)39(11-22-55(87)88)63-58(93)33(6-17-50(77)78)28-43(69)32(5-16-49(75)76)27-37(67)25-26-66-47(73)14-15-48(66)74/h14-15,32-36,38-41H,2-13,16-31H2,1H3,(H,62,94)(H,63,93)(H,64,96)(H,65,95)(H,75,76)(H,77,78)(H,79,80)(H,81,82)(H,83,84)(H,85,86)(H,87,88)(H,89,90)(H,91,92)/t32-,33-,34-,35-,36-,38+,39+,40+,41+/m0/s1. The van der Waals surface area contributed by atoms with Crippen LogP contribution in [0, 0.1) is 29.6 Å². The molecule has 35 nitrogen and oxygen atoms in total. The van der Waals surface area contributed by atoms with Gasteiger partial charge in [-0.15, -0.1) is 0 Å². The van der Waals surface area contributed by atoms with Gasteiger partial charge in [0, 0.05) is 151 Å². The highest BCUT2D eigenvalue weighted by Crippen LogP contribution is 2.25. The summed E-state index contributed by atoms with van der Waals surface area (Å²) in [6.45, 7) is 1.34. The first kappa shape index (κ1) is 84.0. The molecule has 0 aromatic rings. The number of carboxylic acids is 9. The molecule has 532 valence electrons. The number of rotatable bonds is 56. The second-order valence-corrected chi connectivity index (χ2v) is 23.0. The lowest BCUT2D eigenvalue weighted by molar-refractivity contribution is -0.141. The lowest BCUT2D eigenvalue weighted by Gasteiger charge is -2.26.